The monoisotopic (exact) mass is 128 g/mol. The highest BCUT2D eigenvalue weighted by atomic mass is 14.9. The van der Waals surface area contributed by atoms with Gasteiger partial charge in [0.15, 0.2) is 0 Å². The Bertz CT molecular complexity index is 50.5. The van der Waals surface area contributed by atoms with Gasteiger partial charge in [-0.25, -0.2) is 0 Å². The molecule has 1 nitrogen and oxygen atoms in total. The fourth-order valence-electron chi connectivity index (χ4n) is 0.723. The molecule has 0 saturated heterocycles. The van der Waals surface area contributed by atoms with Gasteiger partial charge in [-0.05, 0) is 26.8 Å². The molecule has 0 aliphatic heterocycles. The van der Waals surface area contributed by atoms with Crippen LogP contribution in [-0.4, -0.2) is 12.6 Å². The van der Waals surface area contributed by atoms with Crippen molar-refractivity contribution in [3.05, 3.63) is 6.92 Å². The molecule has 0 saturated carbocycles. The number of hydrogen-bond donors (Lipinski definition) is 1. The van der Waals surface area contributed by atoms with E-state index in [1.807, 2.05) is 0 Å². The second-order valence-electron chi connectivity index (χ2n) is 2.56. The van der Waals surface area contributed by atoms with Crippen molar-refractivity contribution in [2.75, 3.05) is 6.54 Å². The van der Waals surface area contributed by atoms with Crippen LogP contribution in [0.3, 0.4) is 0 Å². The van der Waals surface area contributed by atoms with Crippen LogP contribution >= 0.6 is 0 Å². The summed E-state index contributed by atoms with van der Waals surface area (Å²) >= 11 is 0. The summed E-state index contributed by atoms with van der Waals surface area (Å²) in [5.74, 6) is 0. The lowest BCUT2D eigenvalue weighted by Gasteiger charge is -2.05. The third-order valence-electron chi connectivity index (χ3n) is 1.27. The van der Waals surface area contributed by atoms with Crippen molar-refractivity contribution in [3.8, 4) is 0 Å². The van der Waals surface area contributed by atoms with Gasteiger partial charge in [0.25, 0.3) is 0 Å². The average molecular weight is 128 g/mol. The number of unbranched alkanes of at least 4 members (excludes halogenated alkanes) is 2. The van der Waals surface area contributed by atoms with Crippen LogP contribution in [0.4, 0.5) is 0 Å². The Morgan fingerprint density at radius 2 is 2.11 bits per heavy atom. The third kappa shape index (κ3) is 7.96. The van der Waals surface area contributed by atoms with Gasteiger partial charge >= 0.3 is 0 Å². The summed E-state index contributed by atoms with van der Waals surface area (Å²) in [6.45, 7) is 9.24. The van der Waals surface area contributed by atoms with Gasteiger partial charge < -0.3 is 5.32 Å². The molecule has 0 aliphatic carbocycles. The van der Waals surface area contributed by atoms with Gasteiger partial charge in [0.1, 0.15) is 0 Å². The Labute approximate surface area is 58.8 Å². The van der Waals surface area contributed by atoms with Crippen LogP contribution < -0.4 is 5.32 Å². The Morgan fingerprint density at radius 3 is 2.56 bits per heavy atom. The topological polar surface area (TPSA) is 12.0 Å². The van der Waals surface area contributed by atoms with Crippen LogP contribution in [0.2, 0.25) is 0 Å². The highest BCUT2D eigenvalue weighted by Crippen LogP contribution is 1.91. The van der Waals surface area contributed by atoms with E-state index in [1.165, 1.54) is 19.3 Å². The fourth-order valence-corrected chi connectivity index (χ4v) is 0.723. The first-order valence-corrected chi connectivity index (χ1v) is 3.83. The van der Waals surface area contributed by atoms with Gasteiger partial charge in [-0.2, -0.15) is 0 Å². The van der Waals surface area contributed by atoms with Gasteiger partial charge in [0.05, 0.1) is 0 Å². The van der Waals surface area contributed by atoms with Crippen LogP contribution in [0.5, 0.6) is 0 Å². The molecule has 1 unspecified atom stereocenters. The first kappa shape index (κ1) is 8.96. The third-order valence-corrected chi connectivity index (χ3v) is 1.27. The zero-order valence-electron chi connectivity index (χ0n) is 6.61. The molecule has 0 spiro atoms. The summed E-state index contributed by atoms with van der Waals surface area (Å²) < 4.78 is 0. The minimum Gasteiger partial charge on any atom is -0.314 e. The Hall–Kier alpha value is -0.0400. The number of hydrogen-bond acceptors (Lipinski definition) is 1. The molecule has 0 bridgehead atoms. The lowest BCUT2D eigenvalue weighted by Crippen LogP contribution is -2.23. The molecule has 1 heteroatoms. The second-order valence-corrected chi connectivity index (χ2v) is 2.56. The smallest absolute Gasteiger partial charge is 0.00393 e. The standard InChI is InChI=1S/C8H18N/c1-4-5-6-7-9-8(2)3/h8-9H,2,4-7H2,1,3H3. The summed E-state index contributed by atoms with van der Waals surface area (Å²) in [7, 11) is 0. The van der Waals surface area contributed by atoms with Crippen molar-refractivity contribution in [2.45, 2.75) is 39.2 Å². The van der Waals surface area contributed by atoms with Crippen molar-refractivity contribution in [2.24, 2.45) is 0 Å². The van der Waals surface area contributed by atoms with E-state index in [2.05, 4.69) is 26.1 Å². The molecule has 1 N–H and O–H groups in total. The van der Waals surface area contributed by atoms with E-state index in [0.29, 0.717) is 6.04 Å². The van der Waals surface area contributed by atoms with Gasteiger partial charge in [-0.3, -0.25) is 0 Å². The summed E-state index contributed by atoms with van der Waals surface area (Å²) in [6.07, 6.45) is 3.92. The average Bonchev–Trinajstić information content (AvgIpc) is 1.80. The number of nitrogens with one attached hydrogen (secondary N) is 1. The lowest BCUT2D eigenvalue weighted by atomic mass is 10.2. The largest absolute Gasteiger partial charge is 0.314 e. The quantitative estimate of drug-likeness (QED) is 0.558. The molecule has 1 radical (unpaired) electrons. The molecule has 0 rings (SSSR count). The highest BCUT2D eigenvalue weighted by Gasteiger charge is 1.89. The predicted octanol–water partition coefficient (Wildman–Crippen LogP) is 1.99. The predicted molar refractivity (Wildman–Crippen MR) is 42.3 cm³/mol. The van der Waals surface area contributed by atoms with Crippen molar-refractivity contribution < 1.29 is 0 Å². The van der Waals surface area contributed by atoms with E-state index < -0.39 is 0 Å². The van der Waals surface area contributed by atoms with Crippen molar-refractivity contribution in [3.63, 3.8) is 0 Å². The Balaban J connectivity index is 2.75. The van der Waals surface area contributed by atoms with Crippen LogP contribution in [0.25, 0.3) is 0 Å². The Kier molecular flexibility index (Phi) is 6.06. The number of rotatable bonds is 5. The molecule has 9 heavy (non-hydrogen) atoms. The molecule has 0 aromatic rings. The maximum atomic E-state index is 3.82. The first-order chi connectivity index (χ1) is 4.27. The van der Waals surface area contributed by atoms with E-state index in [4.69, 9.17) is 0 Å². The molecule has 0 aromatic heterocycles. The molecule has 0 heterocycles. The van der Waals surface area contributed by atoms with E-state index >= 15 is 0 Å². The van der Waals surface area contributed by atoms with Crippen LogP contribution in [0.15, 0.2) is 0 Å². The molecule has 0 fully saturated rings. The zero-order chi connectivity index (χ0) is 7.11. The van der Waals surface area contributed by atoms with Crippen molar-refractivity contribution >= 4 is 0 Å². The van der Waals surface area contributed by atoms with Crippen molar-refractivity contribution in [1.29, 1.82) is 0 Å². The molecule has 55 valence electrons. The summed E-state index contributed by atoms with van der Waals surface area (Å²) in [5, 5.41) is 3.27. The zero-order valence-corrected chi connectivity index (χ0v) is 6.61. The molecular weight excluding hydrogens is 110 g/mol. The maximum absolute atomic E-state index is 3.82. The summed E-state index contributed by atoms with van der Waals surface area (Å²) in [4.78, 5) is 0. The SMILES string of the molecule is [CH2]C(C)NCCCCC. The van der Waals surface area contributed by atoms with Crippen LogP contribution in [0, 0.1) is 6.92 Å². The van der Waals surface area contributed by atoms with E-state index in [0.717, 1.165) is 6.54 Å². The normalized spacial score (nSPS) is 10.7. The van der Waals surface area contributed by atoms with E-state index in [9.17, 15) is 0 Å². The van der Waals surface area contributed by atoms with Gasteiger partial charge in [0, 0.05) is 6.04 Å². The van der Waals surface area contributed by atoms with Gasteiger partial charge in [-0.15, -0.1) is 0 Å². The van der Waals surface area contributed by atoms with E-state index in [-0.39, 0.29) is 0 Å². The highest BCUT2D eigenvalue weighted by molar-refractivity contribution is 4.60. The van der Waals surface area contributed by atoms with E-state index in [1.54, 1.807) is 0 Å². The summed E-state index contributed by atoms with van der Waals surface area (Å²) in [6, 6.07) is 0.404. The van der Waals surface area contributed by atoms with Gasteiger partial charge in [0.2, 0.25) is 0 Å². The second kappa shape index (κ2) is 6.09. The Morgan fingerprint density at radius 1 is 1.44 bits per heavy atom. The maximum Gasteiger partial charge on any atom is 0.00393 e. The van der Waals surface area contributed by atoms with Crippen LogP contribution in [0.1, 0.15) is 33.1 Å². The van der Waals surface area contributed by atoms with Gasteiger partial charge in [-0.1, -0.05) is 19.8 Å². The first-order valence-electron chi connectivity index (χ1n) is 3.83. The van der Waals surface area contributed by atoms with Crippen LogP contribution in [-0.2, 0) is 0 Å². The molecule has 0 aromatic carbocycles. The molecule has 0 amide bonds. The molecule has 1 atom stereocenters. The minimum absolute atomic E-state index is 0.404. The fraction of sp³-hybridized carbons (Fsp3) is 0.875. The van der Waals surface area contributed by atoms with Crippen molar-refractivity contribution in [1.82, 2.24) is 5.32 Å². The summed E-state index contributed by atoms with van der Waals surface area (Å²) in [5.41, 5.74) is 0. The minimum atomic E-state index is 0.404. The lowest BCUT2D eigenvalue weighted by molar-refractivity contribution is 0.582. The molecule has 0 aliphatic rings. The molecular formula is C8H18N.